The third kappa shape index (κ3) is 4.14. The van der Waals surface area contributed by atoms with E-state index in [2.05, 4.69) is 0 Å². The van der Waals surface area contributed by atoms with Gasteiger partial charge in [0.25, 0.3) is 5.91 Å². The largest absolute Gasteiger partial charge is 0.497 e. The van der Waals surface area contributed by atoms with E-state index in [1.165, 1.54) is 17.7 Å². The van der Waals surface area contributed by atoms with Crippen LogP contribution in [0.1, 0.15) is 16.8 Å². The summed E-state index contributed by atoms with van der Waals surface area (Å²) in [5, 5.41) is 0. The Balaban J connectivity index is 2.18. The first-order valence-electron chi connectivity index (χ1n) is 7.33. The maximum absolute atomic E-state index is 12.7. The van der Waals surface area contributed by atoms with Gasteiger partial charge in [0, 0.05) is 32.2 Å². The van der Waals surface area contributed by atoms with Gasteiger partial charge in [-0.1, -0.05) is 0 Å². The number of benzene rings is 1. The molecule has 0 atom stereocenters. The molecule has 1 aliphatic rings. The van der Waals surface area contributed by atoms with Gasteiger partial charge in [0.1, 0.15) is 11.5 Å². The van der Waals surface area contributed by atoms with Crippen LogP contribution in [0.2, 0.25) is 0 Å². The molecule has 1 amide bonds. The van der Waals surface area contributed by atoms with Gasteiger partial charge in [0.05, 0.1) is 26.0 Å². The Morgan fingerprint density at radius 1 is 1.09 bits per heavy atom. The summed E-state index contributed by atoms with van der Waals surface area (Å²) in [5.74, 6) is 0.885. The second-order valence-corrected chi connectivity index (χ2v) is 7.36. The molecule has 0 aromatic heterocycles. The lowest BCUT2D eigenvalue weighted by atomic mass is 10.1. The van der Waals surface area contributed by atoms with Crippen molar-refractivity contribution in [1.82, 2.24) is 9.21 Å². The van der Waals surface area contributed by atoms with Crippen molar-refractivity contribution >= 4 is 15.9 Å². The summed E-state index contributed by atoms with van der Waals surface area (Å²) in [6.45, 7) is 1.62. The van der Waals surface area contributed by atoms with Crippen molar-refractivity contribution in [2.24, 2.45) is 0 Å². The second-order valence-electron chi connectivity index (χ2n) is 5.37. The number of rotatable bonds is 4. The summed E-state index contributed by atoms with van der Waals surface area (Å²) >= 11 is 0. The minimum Gasteiger partial charge on any atom is -0.497 e. The lowest BCUT2D eigenvalue weighted by molar-refractivity contribution is 0.0761. The van der Waals surface area contributed by atoms with Crippen LogP contribution in [0.3, 0.4) is 0 Å². The molecule has 128 valence electrons. The normalized spacial score (nSPS) is 16.7. The number of carbonyl (C=O) groups excluding carboxylic acids is 1. The van der Waals surface area contributed by atoms with E-state index < -0.39 is 10.0 Å². The van der Waals surface area contributed by atoms with E-state index in [1.54, 1.807) is 30.2 Å². The van der Waals surface area contributed by atoms with Gasteiger partial charge < -0.3 is 14.4 Å². The fourth-order valence-corrected chi connectivity index (χ4v) is 3.45. The zero-order valence-electron chi connectivity index (χ0n) is 13.6. The van der Waals surface area contributed by atoms with Gasteiger partial charge in [-0.3, -0.25) is 4.79 Å². The highest BCUT2D eigenvalue weighted by Crippen LogP contribution is 2.26. The van der Waals surface area contributed by atoms with E-state index in [1.807, 2.05) is 0 Å². The second kappa shape index (κ2) is 7.18. The maximum atomic E-state index is 12.7. The fourth-order valence-electron chi connectivity index (χ4n) is 2.57. The number of nitrogens with zero attached hydrogens (tertiary/aromatic N) is 2. The first-order chi connectivity index (χ1) is 10.9. The smallest absolute Gasteiger partial charge is 0.257 e. The Morgan fingerprint density at radius 2 is 1.83 bits per heavy atom. The standard InChI is InChI=1S/C15H22N2O5S/c1-21-12-5-6-13(14(11-12)22-2)15(18)16-7-4-8-17(10-9-16)23(3,19)20/h5-6,11H,4,7-10H2,1-3H3. The molecule has 0 spiro atoms. The van der Waals surface area contributed by atoms with Gasteiger partial charge >= 0.3 is 0 Å². The Bertz CT molecular complexity index is 674. The molecule has 2 rings (SSSR count). The van der Waals surface area contributed by atoms with Crippen molar-refractivity contribution < 1.29 is 22.7 Å². The van der Waals surface area contributed by atoms with Crippen LogP contribution >= 0.6 is 0 Å². The highest BCUT2D eigenvalue weighted by molar-refractivity contribution is 7.88. The average molecular weight is 342 g/mol. The zero-order chi connectivity index (χ0) is 17.0. The molecule has 0 bridgehead atoms. The SMILES string of the molecule is COc1ccc(C(=O)N2CCCN(S(C)(=O)=O)CC2)c(OC)c1. The molecule has 1 aromatic rings. The lowest BCUT2D eigenvalue weighted by Crippen LogP contribution is -2.37. The molecule has 0 N–H and O–H groups in total. The number of sulfonamides is 1. The van der Waals surface area contributed by atoms with Crippen LogP contribution in [0.5, 0.6) is 11.5 Å². The number of methoxy groups -OCH3 is 2. The summed E-state index contributed by atoms with van der Waals surface area (Å²) in [4.78, 5) is 14.4. The third-order valence-electron chi connectivity index (χ3n) is 3.85. The monoisotopic (exact) mass is 342 g/mol. The quantitative estimate of drug-likeness (QED) is 0.809. The average Bonchev–Trinajstić information content (AvgIpc) is 2.79. The first-order valence-corrected chi connectivity index (χ1v) is 9.18. The highest BCUT2D eigenvalue weighted by Gasteiger charge is 2.26. The molecule has 1 fully saturated rings. The topological polar surface area (TPSA) is 76.2 Å². The molecule has 8 heteroatoms. The van der Waals surface area contributed by atoms with Crippen LogP contribution in [-0.2, 0) is 10.0 Å². The zero-order valence-corrected chi connectivity index (χ0v) is 14.4. The molecule has 1 heterocycles. The first kappa shape index (κ1) is 17.6. The molecule has 23 heavy (non-hydrogen) atoms. The molecular formula is C15H22N2O5S. The third-order valence-corrected chi connectivity index (χ3v) is 5.15. The van der Waals surface area contributed by atoms with Crippen molar-refractivity contribution in [2.75, 3.05) is 46.7 Å². The number of hydrogen-bond acceptors (Lipinski definition) is 5. The van der Waals surface area contributed by atoms with Gasteiger partial charge in [-0.25, -0.2) is 12.7 Å². The van der Waals surface area contributed by atoms with E-state index in [-0.39, 0.29) is 5.91 Å². The molecule has 0 saturated carbocycles. The summed E-state index contributed by atoms with van der Waals surface area (Å²) in [6, 6.07) is 5.03. The summed E-state index contributed by atoms with van der Waals surface area (Å²) < 4.78 is 35.1. The van der Waals surface area contributed by atoms with Gasteiger partial charge in [-0.05, 0) is 18.6 Å². The van der Waals surface area contributed by atoms with Gasteiger partial charge in [0.2, 0.25) is 10.0 Å². The number of ether oxygens (including phenoxy) is 2. The lowest BCUT2D eigenvalue weighted by Gasteiger charge is -2.22. The molecule has 0 unspecified atom stereocenters. The van der Waals surface area contributed by atoms with Crippen LogP contribution in [-0.4, -0.2) is 70.2 Å². The van der Waals surface area contributed by atoms with E-state index >= 15 is 0 Å². The minimum absolute atomic E-state index is 0.167. The Labute approximate surface area is 136 Å². The van der Waals surface area contributed by atoms with Crippen LogP contribution in [0.4, 0.5) is 0 Å². The molecular weight excluding hydrogens is 320 g/mol. The minimum atomic E-state index is -3.23. The molecule has 1 saturated heterocycles. The maximum Gasteiger partial charge on any atom is 0.257 e. The predicted molar refractivity (Wildman–Crippen MR) is 86.5 cm³/mol. The number of hydrogen-bond donors (Lipinski definition) is 0. The van der Waals surface area contributed by atoms with Gasteiger partial charge in [-0.2, -0.15) is 0 Å². The molecule has 1 aromatic carbocycles. The van der Waals surface area contributed by atoms with Crippen molar-refractivity contribution in [2.45, 2.75) is 6.42 Å². The number of amides is 1. The van der Waals surface area contributed by atoms with E-state index in [9.17, 15) is 13.2 Å². The van der Waals surface area contributed by atoms with Crippen molar-refractivity contribution in [3.05, 3.63) is 23.8 Å². The fraction of sp³-hybridized carbons (Fsp3) is 0.533. The van der Waals surface area contributed by atoms with E-state index in [0.29, 0.717) is 49.7 Å². The highest BCUT2D eigenvalue weighted by atomic mass is 32.2. The van der Waals surface area contributed by atoms with Gasteiger partial charge in [0.15, 0.2) is 0 Å². The molecule has 7 nitrogen and oxygen atoms in total. The number of carbonyl (C=O) groups is 1. The van der Waals surface area contributed by atoms with E-state index in [4.69, 9.17) is 9.47 Å². The molecule has 0 radical (unpaired) electrons. The van der Waals surface area contributed by atoms with E-state index in [0.717, 1.165) is 0 Å². The Morgan fingerprint density at radius 3 is 2.43 bits per heavy atom. The summed E-state index contributed by atoms with van der Waals surface area (Å²) in [7, 11) is -0.185. The summed E-state index contributed by atoms with van der Waals surface area (Å²) in [6.07, 6.45) is 1.80. The van der Waals surface area contributed by atoms with Crippen molar-refractivity contribution in [1.29, 1.82) is 0 Å². The van der Waals surface area contributed by atoms with Gasteiger partial charge in [-0.15, -0.1) is 0 Å². The van der Waals surface area contributed by atoms with Crippen LogP contribution in [0.15, 0.2) is 18.2 Å². The predicted octanol–water partition coefficient (Wildman–Crippen LogP) is 0.811. The van der Waals surface area contributed by atoms with Crippen molar-refractivity contribution in [3.63, 3.8) is 0 Å². The van der Waals surface area contributed by atoms with Crippen LogP contribution in [0, 0.1) is 0 Å². The van der Waals surface area contributed by atoms with Crippen molar-refractivity contribution in [3.8, 4) is 11.5 Å². The van der Waals surface area contributed by atoms with Crippen LogP contribution in [0.25, 0.3) is 0 Å². The molecule has 0 aliphatic carbocycles. The Kier molecular flexibility index (Phi) is 5.48. The summed E-state index contributed by atoms with van der Waals surface area (Å²) in [5.41, 5.74) is 0.445. The van der Waals surface area contributed by atoms with Crippen LogP contribution < -0.4 is 9.47 Å². The molecule has 1 aliphatic heterocycles. The Hall–Kier alpha value is -1.80.